The van der Waals surface area contributed by atoms with Crippen LogP contribution in [-0.2, 0) is 0 Å². The number of nitrogens with zero attached hydrogens (tertiary/aromatic N) is 1. The van der Waals surface area contributed by atoms with Gasteiger partial charge in [0.1, 0.15) is 0 Å². The molecule has 0 radical (unpaired) electrons. The maximum atomic E-state index is 14.5. The Morgan fingerprint density at radius 3 is 2.76 bits per heavy atom. The van der Waals surface area contributed by atoms with Gasteiger partial charge < -0.3 is 30.8 Å². The zero-order valence-electron chi connectivity index (χ0n) is 21.8. The molecule has 1 amide bonds. The fraction of sp³-hybridized carbons (Fsp3) is 0.429. The molecule has 0 aliphatic carbocycles. The Hall–Kier alpha value is -3.59. The summed E-state index contributed by atoms with van der Waals surface area (Å²) in [5.41, 5.74) is 4.70. The van der Waals surface area contributed by atoms with Gasteiger partial charge in [0, 0.05) is 43.1 Å². The van der Waals surface area contributed by atoms with E-state index in [1.54, 1.807) is 24.5 Å². The molecule has 3 heterocycles. The van der Waals surface area contributed by atoms with Crippen molar-refractivity contribution in [2.75, 3.05) is 37.4 Å². The topological polar surface area (TPSA) is 111 Å². The number of aliphatic hydroxyl groups excluding tert-OH is 1. The average Bonchev–Trinajstić information content (AvgIpc) is 3.27. The van der Waals surface area contributed by atoms with Crippen molar-refractivity contribution in [1.29, 1.82) is 0 Å². The molecule has 37 heavy (non-hydrogen) atoms. The van der Waals surface area contributed by atoms with Gasteiger partial charge >= 0.3 is 0 Å². The van der Waals surface area contributed by atoms with E-state index < -0.39 is 5.82 Å². The van der Waals surface area contributed by atoms with E-state index in [0.717, 1.165) is 36.3 Å². The molecule has 8 nitrogen and oxygen atoms in total. The molecular formula is C28H36FN5O3. The second kappa shape index (κ2) is 11.6. The summed E-state index contributed by atoms with van der Waals surface area (Å²) in [4.78, 5) is 20.8. The number of hydrogen-bond donors (Lipinski definition) is 5. The number of para-hydroxylation sites is 1. The smallest absolute Gasteiger partial charge is 0.255 e. The second-order valence-electron chi connectivity index (χ2n) is 9.82. The highest BCUT2D eigenvalue weighted by molar-refractivity contribution is 6.07. The van der Waals surface area contributed by atoms with Gasteiger partial charge in [-0.2, -0.15) is 0 Å². The number of amides is 1. The van der Waals surface area contributed by atoms with E-state index in [9.17, 15) is 14.3 Å². The number of hydrogen-bond acceptors (Lipinski definition) is 6. The molecule has 198 valence electrons. The first kappa shape index (κ1) is 26.5. The fourth-order valence-electron chi connectivity index (χ4n) is 4.80. The molecule has 1 aromatic carbocycles. The molecule has 0 saturated heterocycles. The van der Waals surface area contributed by atoms with Gasteiger partial charge in [0.05, 0.1) is 41.6 Å². The van der Waals surface area contributed by atoms with Crippen LogP contribution in [0.5, 0.6) is 5.75 Å². The summed E-state index contributed by atoms with van der Waals surface area (Å²) >= 11 is 0. The molecular weight excluding hydrogens is 473 g/mol. The molecule has 3 aromatic rings. The minimum absolute atomic E-state index is 0.0727. The number of aromatic amines is 1. The lowest BCUT2D eigenvalue weighted by atomic mass is 9.90. The van der Waals surface area contributed by atoms with Crippen LogP contribution in [0.2, 0.25) is 0 Å². The van der Waals surface area contributed by atoms with Gasteiger partial charge in [-0.1, -0.05) is 26.8 Å². The van der Waals surface area contributed by atoms with Crippen LogP contribution in [0.1, 0.15) is 55.6 Å². The Balaban J connectivity index is 1.72. The molecule has 3 atom stereocenters. The summed E-state index contributed by atoms with van der Waals surface area (Å²) in [6.45, 7) is 7.85. The third kappa shape index (κ3) is 5.56. The molecule has 2 aromatic heterocycles. The van der Waals surface area contributed by atoms with Crippen LogP contribution in [0.15, 0.2) is 36.7 Å². The Morgan fingerprint density at radius 2 is 2.00 bits per heavy atom. The van der Waals surface area contributed by atoms with Crippen LogP contribution in [0.25, 0.3) is 11.3 Å². The van der Waals surface area contributed by atoms with Crippen molar-refractivity contribution in [1.82, 2.24) is 15.3 Å². The molecule has 0 saturated carbocycles. The minimum atomic E-state index is -0.493. The van der Waals surface area contributed by atoms with Crippen molar-refractivity contribution in [2.24, 2.45) is 11.8 Å². The van der Waals surface area contributed by atoms with Gasteiger partial charge in [-0.25, -0.2) is 4.39 Å². The van der Waals surface area contributed by atoms with Crippen molar-refractivity contribution in [3.63, 3.8) is 0 Å². The standard InChI is InChI=1S/C28H36FN5O3/c1-16(17(2)10-13-35)8-12-31-22-15-30-11-9-19(22)25-26(23-24(34-25)18(3)14-32-28(23)36)33-21-7-5-6-20(29)27(21)37-4/h5-7,9,11,15-18,31,33-35H,8,10,12-14H2,1-4H3,(H,32,36). The van der Waals surface area contributed by atoms with E-state index in [-0.39, 0.29) is 24.2 Å². The number of fused-ring (bicyclic) bond motifs is 1. The Bertz CT molecular complexity index is 1240. The highest BCUT2D eigenvalue weighted by atomic mass is 19.1. The van der Waals surface area contributed by atoms with Gasteiger partial charge in [-0.15, -0.1) is 0 Å². The monoisotopic (exact) mass is 509 g/mol. The predicted molar refractivity (Wildman–Crippen MR) is 144 cm³/mol. The lowest BCUT2D eigenvalue weighted by Crippen LogP contribution is -2.33. The maximum absolute atomic E-state index is 14.5. The van der Waals surface area contributed by atoms with Crippen molar-refractivity contribution < 1.29 is 19.0 Å². The number of benzene rings is 1. The number of aromatic nitrogens is 2. The SMILES string of the molecule is COc1c(F)cccc1Nc1c(-c2ccncc2NCCC(C)C(C)CCO)[nH]c2c1C(=O)NCC2C. The van der Waals surface area contributed by atoms with Crippen molar-refractivity contribution in [3.8, 4) is 17.0 Å². The van der Waals surface area contributed by atoms with E-state index in [2.05, 4.69) is 39.8 Å². The summed E-state index contributed by atoms with van der Waals surface area (Å²) in [6.07, 6.45) is 5.20. The molecule has 9 heteroatoms. The van der Waals surface area contributed by atoms with Gasteiger partial charge in [0.15, 0.2) is 11.6 Å². The summed E-state index contributed by atoms with van der Waals surface area (Å²) in [6, 6.07) is 6.55. The van der Waals surface area contributed by atoms with Crippen molar-refractivity contribution in [2.45, 2.75) is 39.5 Å². The fourth-order valence-corrected chi connectivity index (χ4v) is 4.80. The summed E-state index contributed by atoms with van der Waals surface area (Å²) < 4.78 is 19.8. The average molecular weight is 510 g/mol. The summed E-state index contributed by atoms with van der Waals surface area (Å²) in [5.74, 6) is 0.332. The number of methoxy groups -OCH3 is 1. The first-order valence-corrected chi connectivity index (χ1v) is 12.8. The van der Waals surface area contributed by atoms with E-state index in [1.807, 2.05) is 13.0 Å². The van der Waals surface area contributed by atoms with E-state index in [1.165, 1.54) is 13.2 Å². The maximum Gasteiger partial charge on any atom is 0.255 e. The number of rotatable bonds is 11. The molecule has 0 fully saturated rings. The number of carbonyl (C=O) groups excluding carboxylic acids is 1. The quantitative estimate of drug-likeness (QED) is 0.241. The number of pyridine rings is 1. The molecule has 1 aliphatic heterocycles. The van der Waals surface area contributed by atoms with E-state index in [0.29, 0.717) is 41.0 Å². The third-order valence-electron chi connectivity index (χ3n) is 7.31. The highest BCUT2D eigenvalue weighted by Crippen LogP contribution is 2.43. The number of anilines is 3. The zero-order valence-corrected chi connectivity index (χ0v) is 21.8. The predicted octanol–water partition coefficient (Wildman–Crippen LogP) is 5.27. The number of H-pyrrole nitrogens is 1. The van der Waals surface area contributed by atoms with Gasteiger partial charge in [-0.3, -0.25) is 9.78 Å². The Labute approximate surface area is 217 Å². The minimum Gasteiger partial charge on any atom is -0.492 e. The summed E-state index contributed by atoms with van der Waals surface area (Å²) in [5, 5.41) is 19.0. The van der Waals surface area contributed by atoms with Gasteiger partial charge in [0.2, 0.25) is 0 Å². The number of halogens is 1. The normalized spacial score (nSPS) is 16.5. The molecule has 4 rings (SSSR count). The molecule has 0 spiro atoms. The zero-order chi connectivity index (χ0) is 26.5. The van der Waals surface area contributed by atoms with Crippen LogP contribution < -0.4 is 20.7 Å². The van der Waals surface area contributed by atoms with E-state index >= 15 is 0 Å². The van der Waals surface area contributed by atoms with Crippen LogP contribution in [0.4, 0.5) is 21.5 Å². The number of aliphatic hydroxyl groups is 1. The number of carbonyl (C=O) groups is 1. The Kier molecular flexibility index (Phi) is 8.33. The van der Waals surface area contributed by atoms with Crippen LogP contribution in [-0.4, -0.2) is 47.8 Å². The molecule has 3 unspecified atom stereocenters. The number of ether oxygens (including phenoxy) is 1. The van der Waals surface area contributed by atoms with Crippen molar-refractivity contribution in [3.05, 3.63) is 53.7 Å². The lowest BCUT2D eigenvalue weighted by Gasteiger charge is -2.21. The Morgan fingerprint density at radius 1 is 1.22 bits per heavy atom. The van der Waals surface area contributed by atoms with Gasteiger partial charge in [0.25, 0.3) is 5.91 Å². The summed E-state index contributed by atoms with van der Waals surface area (Å²) in [7, 11) is 1.42. The lowest BCUT2D eigenvalue weighted by molar-refractivity contribution is 0.0942. The second-order valence-corrected chi connectivity index (χ2v) is 9.82. The molecule has 0 bridgehead atoms. The largest absolute Gasteiger partial charge is 0.492 e. The first-order valence-electron chi connectivity index (χ1n) is 12.8. The van der Waals surface area contributed by atoms with Crippen molar-refractivity contribution >= 4 is 23.0 Å². The highest BCUT2D eigenvalue weighted by Gasteiger charge is 2.32. The van der Waals surface area contributed by atoms with Crippen LogP contribution >= 0.6 is 0 Å². The van der Waals surface area contributed by atoms with Crippen LogP contribution in [0.3, 0.4) is 0 Å². The van der Waals surface area contributed by atoms with Crippen LogP contribution in [0, 0.1) is 17.7 Å². The van der Waals surface area contributed by atoms with Gasteiger partial charge in [-0.05, 0) is 42.9 Å². The molecule has 5 N–H and O–H groups in total. The third-order valence-corrected chi connectivity index (χ3v) is 7.31. The number of nitrogens with one attached hydrogen (secondary N) is 4. The first-order chi connectivity index (χ1) is 17.8. The molecule has 1 aliphatic rings. The van der Waals surface area contributed by atoms with E-state index in [4.69, 9.17) is 4.74 Å².